The summed E-state index contributed by atoms with van der Waals surface area (Å²) in [7, 11) is 1.97. The summed E-state index contributed by atoms with van der Waals surface area (Å²) in [6.45, 7) is 3.86. The third-order valence-electron chi connectivity index (χ3n) is 5.30. The second-order valence-corrected chi connectivity index (χ2v) is 7.87. The highest BCUT2D eigenvalue weighted by molar-refractivity contribution is 7.98. The van der Waals surface area contributed by atoms with E-state index in [2.05, 4.69) is 10.3 Å². The number of carbonyl (C=O) groups excluding carboxylic acids is 1. The Hall–Kier alpha value is -1.15. The number of amides is 1. The Kier molecular flexibility index (Phi) is 8.09. The van der Waals surface area contributed by atoms with Gasteiger partial charge in [-0.05, 0) is 49.9 Å². The minimum absolute atomic E-state index is 0. The molecule has 1 N–H and O–H groups in total. The Morgan fingerprint density at radius 1 is 1.26 bits per heavy atom. The average molecular weight is 433 g/mol. The van der Waals surface area contributed by atoms with Crippen molar-refractivity contribution in [2.24, 2.45) is 18.9 Å². The SMILES string of the molecule is Cl.Cl.Cn1ccnc1SCc1ccc(C(=O)N2CC[C@@H]3CNC[C@@H]3CC2)o1. The topological polar surface area (TPSA) is 63.3 Å². The highest BCUT2D eigenvalue weighted by atomic mass is 35.5. The number of imidazole rings is 1. The molecule has 2 saturated heterocycles. The van der Waals surface area contributed by atoms with Crippen molar-refractivity contribution in [1.29, 1.82) is 0 Å². The Labute approximate surface area is 176 Å². The maximum Gasteiger partial charge on any atom is 0.289 e. The Balaban J connectivity index is 0.00000131. The number of nitrogens with zero attached hydrogens (tertiary/aromatic N) is 3. The molecule has 0 aliphatic carbocycles. The maximum absolute atomic E-state index is 12.8. The van der Waals surface area contributed by atoms with Gasteiger partial charge in [0.25, 0.3) is 5.91 Å². The molecule has 0 saturated carbocycles. The van der Waals surface area contributed by atoms with Gasteiger partial charge in [-0.3, -0.25) is 4.79 Å². The lowest BCUT2D eigenvalue weighted by Crippen LogP contribution is -2.32. The fourth-order valence-corrected chi connectivity index (χ4v) is 4.60. The molecule has 0 radical (unpaired) electrons. The molecule has 0 bridgehead atoms. The molecule has 2 aliphatic heterocycles. The van der Waals surface area contributed by atoms with Crippen LogP contribution in [0.4, 0.5) is 0 Å². The van der Waals surface area contributed by atoms with Gasteiger partial charge in [-0.25, -0.2) is 4.98 Å². The largest absolute Gasteiger partial charge is 0.455 e. The van der Waals surface area contributed by atoms with Crippen LogP contribution in [-0.2, 0) is 12.8 Å². The quantitative estimate of drug-likeness (QED) is 0.751. The molecular formula is C18H26Cl2N4O2S. The molecule has 0 spiro atoms. The van der Waals surface area contributed by atoms with Crippen LogP contribution in [0.15, 0.2) is 34.1 Å². The van der Waals surface area contributed by atoms with Crippen molar-refractivity contribution in [2.45, 2.75) is 23.8 Å². The molecule has 2 fully saturated rings. The van der Waals surface area contributed by atoms with E-state index in [1.54, 1.807) is 18.0 Å². The number of likely N-dealkylation sites (tertiary alicyclic amines) is 1. The summed E-state index contributed by atoms with van der Waals surface area (Å²) in [5, 5.41) is 4.41. The molecular weight excluding hydrogens is 407 g/mol. The van der Waals surface area contributed by atoms with Gasteiger partial charge in [0.05, 0.1) is 5.75 Å². The van der Waals surface area contributed by atoms with E-state index in [0.717, 1.165) is 61.8 Å². The summed E-state index contributed by atoms with van der Waals surface area (Å²) < 4.78 is 7.79. The Bertz CT molecular complexity index is 737. The van der Waals surface area contributed by atoms with E-state index in [1.807, 2.05) is 34.8 Å². The van der Waals surface area contributed by atoms with E-state index in [4.69, 9.17) is 4.42 Å². The average Bonchev–Trinajstić information content (AvgIpc) is 3.32. The molecule has 9 heteroatoms. The predicted octanol–water partition coefficient (Wildman–Crippen LogP) is 3.22. The van der Waals surface area contributed by atoms with E-state index in [1.165, 1.54) is 0 Å². The summed E-state index contributed by atoms with van der Waals surface area (Å²) in [4.78, 5) is 19.0. The van der Waals surface area contributed by atoms with Crippen molar-refractivity contribution in [3.63, 3.8) is 0 Å². The van der Waals surface area contributed by atoms with Crippen LogP contribution >= 0.6 is 36.6 Å². The van der Waals surface area contributed by atoms with Crippen LogP contribution < -0.4 is 5.32 Å². The van der Waals surface area contributed by atoms with Gasteiger partial charge in [0.2, 0.25) is 0 Å². The second kappa shape index (κ2) is 9.87. The lowest BCUT2D eigenvalue weighted by Gasteiger charge is -2.19. The standard InChI is InChI=1S/C18H24N4O2S.2ClH/c1-21-9-6-20-18(21)25-12-15-2-3-16(24-15)17(23)22-7-4-13-10-19-11-14(13)5-8-22;;/h2-3,6,9,13-14,19H,4-5,7-8,10-12H2,1H3;2*1H/t13-,14+;;. The lowest BCUT2D eigenvalue weighted by molar-refractivity contribution is 0.0725. The summed E-state index contributed by atoms with van der Waals surface area (Å²) in [5.41, 5.74) is 0. The molecule has 2 aliphatic rings. The van der Waals surface area contributed by atoms with E-state index in [0.29, 0.717) is 11.5 Å². The van der Waals surface area contributed by atoms with Crippen LogP contribution in [-0.4, -0.2) is 46.5 Å². The first kappa shape index (κ1) is 22.1. The van der Waals surface area contributed by atoms with Crippen LogP contribution in [0.2, 0.25) is 0 Å². The van der Waals surface area contributed by atoms with Gasteiger partial charge < -0.3 is 19.2 Å². The molecule has 2 aromatic rings. The number of halogens is 2. The van der Waals surface area contributed by atoms with Crippen molar-refractivity contribution in [2.75, 3.05) is 26.2 Å². The van der Waals surface area contributed by atoms with Crippen molar-refractivity contribution < 1.29 is 9.21 Å². The number of aryl methyl sites for hydroxylation is 1. The highest BCUT2D eigenvalue weighted by Gasteiger charge is 2.32. The predicted molar refractivity (Wildman–Crippen MR) is 111 cm³/mol. The zero-order valence-corrected chi connectivity index (χ0v) is 17.7. The van der Waals surface area contributed by atoms with Crippen LogP contribution in [0.3, 0.4) is 0 Å². The van der Waals surface area contributed by atoms with Crippen molar-refractivity contribution >= 4 is 42.5 Å². The molecule has 2 aromatic heterocycles. The molecule has 0 unspecified atom stereocenters. The van der Waals surface area contributed by atoms with Gasteiger partial charge in [0.1, 0.15) is 5.76 Å². The minimum Gasteiger partial charge on any atom is -0.455 e. The zero-order chi connectivity index (χ0) is 17.2. The molecule has 150 valence electrons. The lowest BCUT2D eigenvalue weighted by atomic mass is 9.92. The van der Waals surface area contributed by atoms with Crippen LogP contribution in [0, 0.1) is 11.8 Å². The van der Waals surface area contributed by atoms with Gasteiger partial charge >= 0.3 is 0 Å². The highest BCUT2D eigenvalue weighted by Crippen LogP contribution is 2.28. The number of hydrogen-bond donors (Lipinski definition) is 1. The van der Waals surface area contributed by atoms with Gasteiger partial charge in [0.15, 0.2) is 10.9 Å². The molecule has 2 atom stereocenters. The van der Waals surface area contributed by atoms with Gasteiger partial charge in [0, 0.05) is 32.5 Å². The van der Waals surface area contributed by atoms with Gasteiger partial charge in [-0.2, -0.15) is 0 Å². The fourth-order valence-electron chi connectivity index (χ4n) is 3.77. The number of carbonyl (C=O) groups is 1. The number of fused-ring (bicyclic) bond motifs is 1. The molecule has 6 nitrogen and oxygen atoms in total. The minimum atomic E-state index is 0. The number of nitrogens with one attached hydrogen (secondary N) is 1. The van der Waals surface area contributed by atoms with Crippen LogP contribution in [0.1, 0.15) is 29.2 Å². The first-order valence-electron chi connectivity index (χ1n) is 8.89. The third kappa shape index (κ3) is 5.02. The normalized spacial score (nSPS) is 21.7. The first-order chi connectivity index (χ1) is 12.2. The van der Waals surface area contributed by atoms with Gasteiger partial charge in [-0.15, -0.1) is 24.8 Å². The maximum atomic E-state index is 12.8. The summed E-state index contributed by atoms with van der Waals surface area (Å²) >= 11 is 1.61. The number of hydrogen-bond acceptors (Lipinski definition) is 5. The van der Waals surface area contributed by atoms with Crippen molar-refractivity contribution in [3.8, 4) is 0 Å². The number of thioether (sulfide) groups is 1. The van der Waals surface area contributed by atoms with Crippen molar-refractivity contribution in [1.82, 2.24) is 19.8 Å². The summed E-state index contributed by atoms with van der Waals surface area (Å²) in [6, 6.07) is 3.71. The number of furan rings is 1. The number of aromatic nitrogens is 2. The smallest absolute Gasteiger partial charge is 0.289 e. The zero-order valence-electron chi connectivity index (χ0n) is 15.3. The monoisotopic (exact) mass is 432 g/mol. The molecule has 0 aromatic carbocycles. The van der Waals surface area contributed by atoms with E-state index < -0.39 is 0 Å². The Morgan fingerprint density at radius 2 is 1.96 bits per heavy atom. The summed E-state index contributed by atoms with van der Waals surface area (Å²) in [5.74, 6) is 3.42. The van der Waals surface area contributed by atoms with E-state index >= 15 is 0 Å². The molecule has 4 heterocycles. The van der Waals surface area contributed by atoms with Crippen molar-refractivity contribution in [3.05, 3.63) is 36.0 Å². The first-order valence-corrected chi connectivity index (χ1v) is 9.88. The van der Waals surface area contributed by atoms with Crippen LogP contribution in [0.5, 0.6) is 0 Å². The second-order valence-electron chi connectivity index (χ2n) is 6.92. The Morgan fingerprint density at radius 3 is 2.59 bits per heavy atom. The van der Waals surface area contributed by atoms with E-state index in [-0.39, 0.29) is 30.7 Å². The van der Waals surface area contributed by atoms with Gasteiger partial charge in [-0.1, -0.05) is 11.8 Å². The van der Waals surface area contributed by atoms with Crippen LogP contribution in [0.25, 0.3) is 0 Å². The molecule has 27 heavy (non-hydrogen) atoms. The molecule has 4 rings (SSSR count). The number of rotatable bonds is 4. The summed E-state index contributed by atoms with van der Waals surface area (Å²) in [6.07, 6.45) is 5.88. The van der Waals surface area contributed by atoms with E-state index in [9.17, 15) is 4.79 Å². The third-order valence-corrected chi connectivity index (χ3v) is 6.38. The molecule has 1 amide bonds. The fraction of sp³-hybridized carbons (Fsp3) is 0.556.